The van der Waals surface area contributed by atoms with Crippen LogP contribution in [-0.4, -0.2) is 23.8 Å². The monoisotopic (exact) mass is 207 g/mol. The van der Waals surface area contributed by atoms with Gasteiger partial charge in [-0.25, -0.2) is 4.98 Å². The maximum Gasteiger partial charge on any atom is 0.222 e. The quantitative estimate of drug-likeness (QED) is 0.752. The van der Waals surface area contributed by atoms with Crippen molar-refractivity contribution in [2.24, 2.45) is 0 Å². The van der Waals surface area contributed by atoms with Gasteiger partial charge < -0.3 is 10.1 Å². The summed E-state index contributed by atoms with van der Waals surface area (Å²) in [4.78, 5) is 25.9. The Balaban J connectivity index is 3.21. The van der Waals surface area contributed by atoms with E-state index in [9.17, 15) is 9.59 Å². The smallest absolute Gasteiger partial charge is 0.222 e. The number of nitrogens with one attached hydrogen (secondary N) is 1. The second kappa shape index (κ2) is 4.54. The maximum absolute atomic E-state index is 11.1. The largest absolute Gasteiger partial charge is 0.492 e. The van der Waals surface area contributed by atoms with E-state index >= 15 is 0 Å². The molecule has 1 radical (unpaired) electrons. The SMILES string of the molecule is [CH2]C(=O)c1ccnc(NC(C)=O)c1OC. The maximum atomic E-state index is 11.1. The van der Waals surface area contributed by atoms with E-state index in [-0.39, 0.29) is 28.8 Å². The Morgan fingerprint density at radius 1 is 1.53 bits per heavy atom. The molecular formula is C10H11N2O3. The van der Waals surface area contributed by atoms with Gasteiger partial charge in [0.1, 0.15) is 0 Å². The molecule has 79 valence electrons. The molecule has 15 heavy (non-hydrogen) atoms. The molecule has 0 spiro atoms. The molecule has 0 atom stereocenters. The number of pyridine rings is 1. The molecule has 0 saturated carbocycles. The van der Waals surface area contributed by atoms with Crippen molar-refractivity contribution < 1.29 is 14.3 Å². The second-order valence-electron chi connectivity index (χ2n) is 2.84. The van der Waals surface area contributed by atoms with E-state index in [2.05, 4.69) is 17.2 Å². The van der Waals surface area contributed by atoms with Gasteiger partial charge in [-0.1, -0.05) is 0 Å². The van der Waals surface area contributed by atoms with Crippen LogP contribution >= 0.6 is 0 Å². The van der Waals surface area contributed by atoms with E-state index in [4.69, 9.17) is 4.74 Å². The van der Waals surface area contributed by atoms with E-state index in [0.717, 1.165) is 0 Å². The molecule has 5 heteroatoms. The van der Waals surface area contributed by atoms with Crippen molar-refractivity contribution >= 4 is 17.5 Å². The first-order valence-corrected chi connectivity index (χ1v) is 4.23. The lowest BCUT2D eigenvalue weighted by Gasteiger charge is -2.10. The van der Waals surface area contributed by atoms with E-state index in [1.165, 1.54) is 26.3 Å². The van der Waals surface area contributed by atoms with Gasteiger partial charge in [0.25, 0.3) is 0 Å². The third-order valence-corrected chi connectivity index (χ3v) is 1.70. The van der Waals surface area contributed by atoms with Gasteiger partial charge in [0.15, 0.2) is 17.4 Å². The zero-order valence-electron chi connectivity index (χ0n) is 8.53. The minimum absolute atomic E-state index is 0.222. The first-order chi connectivity index (χ1) is 7.06. The van der Waals surface area contributed by atoms with E-state index in [1.54, 1.807) is 0 Å². The number of carbonyl (C=O) groups is 2. The zero-order chi connectivity index (χ0) is 11.4. The van der Waals surface area contributed by atoms with Crippen LogP contribution in [0, 0.1) is 6.92 Å². The Morgan fingerprint density at radius 2 is 2.20 bits per heavy atom. The molecule has 0 fully saturated rings. The van der Waals surface area contributed by atoms with Crippen LogP contribution in [0.4, 0.5) is 5.82 Å². The third kappa shape index (κ3) is 2.52. The van der Waals surface area contributed by atoms with Crippen molar-refractivity contribution in [3.8, 4) is 5.75 Å². The molecule has 1 aromatic rings. The molecule has 5 nitrogen and oxygen atoms in total. The molecule has 0 saturated heterocycles. The minimum Gasteiger partial charge on any atom is -0.492 e. The summed E-state index contributed by atoms with van der Waals surface area (Å²) >= 11 is 0. The summed E-state index contributed by atoms with van der Waals surface area (Å²) in [5.41, 5.74) is 0.288. The number of rotatable bonds is 3. The lowest BCUT2D eigenvalue weighted by atomic mass is 10.1. The normalized spacial score (nSPS) is 9.53. The number of anilines is 1. The number of ketones is 1. The van der Waals surface area contributed by atoms with E-state index in [0.29, 0.717) is 0 Å². The van der Waals surface area contributed by atoms with Crippen molar-refractivity contribution in [3.05, 3.63) is 24.8 Å². The summed E-state index contributed by atoms with van der Waals surface area (Å²) in [5.74, 6) is -0.220. The molecule has 0 aromatic carbocycles. The number of carbonyl (C=O) groups excluding carboxylic acids is 2. The predicted molar refractivity (Wildman–Crippen MR) is 54.8 cm³/mol. The summed E-state index contributed by atoms with van der Waals surface area (Å²) in [6.07, 6.45) is 1.41. The molecule has 0 aliphatic heterocycles. The minimum atomic E-state index is -0.388. The van der Waals surface area contributed by atoms with Gasteiger partial charge in [-0.2, -0.15) is 0 Å². The fourth-order valence-electron chi connectivity index (χ4n) is 1.13. The molecule has 0 aliphatic carbocycles. The topological polar surface area (TPSA) is 68.3 Å². The molecule has 0 unspecified atom stereocenters. The summed E-state index contributed by atoms with van der Waals surface area (Å²) < 4.78 is 5.00. The van der Waals surface area contributed by atoms with E-state index < -0.39 is 0 Å². The summed E-state index contributed by atoms with van der Waals surface area (Å²) in [6, 6.07) is 1.49. The average Bonchev–Trinajstić information content (AvgIpc) is 2.16. The molecule has 1 N–H and O–H groups in total. The Kier molecular flexibility index (Phi) is 3.38. The van der Waals surface area contributed by atoms with Crippen molar-refractivity contribution in [2.75, 3.05) is 12.4 Å². The molecule has 1 amide bonds. The molecular weight excluding hydrogens is 196 g/mol. The Morgan fingerprint density at radius 3 is 2.67 bits per heavy atom. The lowest BCUT2D eigenvalue weighted by Crippen LogP contribution is -2.10. The average molecular weight is 207 g/mol. The van der Waals surface area contributed by atoms with Gasteiger partial charge in [0.2, 0.25) is 5.91 Å². The molecule has 1 aromatic heterocycles. The van der Waals surface area contributed by atoms with Gasteiger partial charge in [-0.15, -0.1) is 0 Å². The van der Waals surface area contributed by atoms with Gasteiger partial charge in [-0.3, -0.25) is 9.59 Å². The highest BCUT2D eigenvalue weighted by Crippen LogP contribution is 2.26. The van der Waals surface area contributed by atoms with Gasteiger partial charge in [-0.05, 0) is 6.07 Å². The van der Waals surface area contributed by atoms with Gasteiger partial charge in [0, 0.05) is 20.0 Å². The standard InChI is InChI=1S/C10H11N2O3/c1-6(13)8-4-5-11-10(9(8)15-3)12-7(2)14/h4-5H,1H2,2-3H3,(H,11,12,14). The molecule has 1 heterocycles. The highest BCUT2D eigenvalue weighted by atomic mass is 16.5. The first-order valence-electron chi connectivity index (χ1n) is 4.23. The number of aromatic nitrogens is 1. The van der Waals surface area contributed by atoms with Crippen LogP contribution in [0.3, 0.4) is 0 Å². The summed E-state index contributed by atoms with van der Waals surface area (Å²) in [5, 5.41) is 2.46. The fourth-order valence-corrected chi connectivity index (χ4v) is 1.13. The number of methoxy groups -OCH3 is 1. The zero-order valence-corrected chi connectivity index (χ0v) is 8.53. The highest BCUT2D eigenvalue weighted by Gasteiger charge is 2.14. The van der Waals surface area contributed by atoms with Crippen LogP contribution in [0.5, 0.6) is 5.75 Å². The fraction of sp³-hybridized carbons (Fsp3) is 0.200. The van der Waals surface area contributed by atoms with Crippen molar-refractivity contribution in [3.63, 3.8) is 0 Å². The summed E-state index contributed by atoms with van der Waals surface area (Å²) in [7, 11) is 1.40. The Bertz CT molecular complexity index is 402. The van der Waals surface area contributed by atoms with E-state index in [1.807, 2.05) is 0 Å². The first kappa shape index (κ1) is 11.2. The van der Waals surface area contributed by atoms with Crippen molar-refractivity contribution in [2.45, 2.75) is 6.92 Å². The van der Waals surface area contributed by atoms with Crippen LogP contribution in [0.1, 0.15) is 17.3 Å². The van der Waals surface area contributed by atoms with Crippen LogP contribution in [0.2, 0.25) is 0 Å². The van der Waals surface area contributed by atoms with Crippen LogP contribution in [0.15, 0.2) is 12.3 Å². The predicted octanol–water partition coefficient (Wildman–Crippen LogP) is 1.07. The Hall–Kier alpha value is -1.91. The summed E-state index contributed by atoms with van der Waals surface area (Å²) in [6.45, 7) is 4.63. The molecule has 0 aliphatic rings. The van der Waals surface area contributed by atoms with Crippen molar-refractivity contribution in [1.82, 2.24) is 4.98 Å². The molecule has 1 rings (SSSR count). The Labute approximate surface area is 87.5 Å². The number of Topliss-reactive ketones (excluding diaryl/α,β-unsaturated/α-hetero) is 1. The van der Waals surface area contributed by atoms with Crippen LogP contribution in [-0.2, 0) is 4.79 Å². The molecule has 0 bridgehead atoms. The second-order valence-corrected chi connectivity index (χ2v) is 2.84. The third-order valence-electron chi connectivity index (χ3n) is 1.70. The number of hydrogen-bond acceptors (Lipinski definition) is 4. The highest BCUT2D eigenvalue weighted by molar-refractivity contribution is 6.03. The number of amides is 1. The van der Waals surface area contributed by atoms with Crippen LogP contribution in [0.25, 0.3) is 0 Å². The van der Waals surface area contributed by atoms with Gasteiger partial charge >= 0.3 is 0 Å². The lowest BCUT2D eigenvalue weighted by molar-refractivity contribution is -0.114. The van der Waals surface area contributed by atoms with Gasteiger partial charge in [0.05, 0.1) is 12.7 Å². The number of ether oxygens (including phenoxy) is 1. The van der Waals surface area contributed by atoms with Crippen molar-refractivity contribution in [1.29, 1.82) is 0 Å². The number of hydrogen-bond donors (Lipinski definition) is 1. The number of nitrogens with zero attached hydrogens (tertiary/aromatic N) is 1. The van der Waals surface area contributed by atoms with Crippen LogP contribution < -0.4 is 10.1 Å².